The van der Waals surface area contributed by atoms with Crippen molar-refractivity contribution in [3.05, 3.63) is 16.4 Å². The lowest BCUT2D eigenvalue weighted by Crippen LogP contribution is -2.17. The maximum Gasteiger partial charge on any atom is 0.411 e. The van der Waals surface area contributed by atoms with Gasteiger partial charge in [-0.25, -0.2) is 4.68 Å². The molecule has 0 aliphatic heterocycles. The van der Waals surface area contributed by atoms with E-state index in [1.165, 1.54) is 0 Å². The number of ether oxygens (including phenoxy) is 1. The molecular formula is C7H6BrF5N2O. The zero-order valence-corrected chi connectivity index (χ0v) is 9.23. The van der Waals surface area contributed by atoms with E-state index in [2.05, 4.69) is 25.8 Å². The fourth-order valence-electron chi connectivity index (χ4n) is 0.868. The fourth-order valence-corrected chi connectivity index (χ4v) is 1.27. The van der Waals surface area contributed by atoms with Gasteiger partial charge in [-0.1, -0.05) is 0 Å². The van der Waals surface area contributed by atoms with E-state index in [9.17, 15) is 22.0 Å². The standard InChI is InChI=1S/C7H6BrF5N2O/c8-4-1-15(6(9)10)14-5(4)2-16-3-7(11,12)13/h1,6H,2-3H2. The average molecular weight is 309 g/mol. The van der Waals surface area contributed by atoms with Crippen molar-refractivity contribution in [1.29, 1.82) is 0 Å². The third-order valence-electron chi connectivity index (χ3n) is 1.46. The van der Waals surface area contributed by atoms with Crippen LogP contribution < -0.4 is 0 Å². The molecule has 9 heteroatoms. The third-order valence-corrected chi connectivity index (χ3v) is 2.12. The van der Waals surface area contributed by atoms with Crippen LogP contribution in [0.15, 0.2) is 10.7 Å². The van der Waals surface area contributed by atoms with Crippen LogP contribution in [-0.4, -0.2) is 22.6 Å². The quantitative estimate of drug-likeness (QED) is 0.799. The molecule has 92 valence electrons. The van der Waals surface area contributed by atoms with E-state index in [4.69, 9.17) is 0 Å². The Bertz CT molecular complexity index is 351. The minimum Gasteiger partial charge on any atom is -0.366 e. The van der Waals surface area contributed by atoms with Crippen molar-refractivity contribution in [2.75, 3.05) is 6.61 Å². The molecular weight excluding hydrogens is 303 g/mol. The number of rotatable bonds is 4. The van der Waals surface area contributed by atoms with Crippen LogP contribution in [0, 0.1) is 0 Å². The summed E-state index contributed by atoms with van der Waals surface area (Å²) in [6.07, 6.45) is -3.48. The number of halogens is 6. The van der Waals surface area contributed by atoms with E-state index < -0.39 is 25.9 Å². The summed E-state index contributed by atoms with van der Waals surface area (Å²) in [5, 5.41) is 3.36. The summed E-state index contributed by atoms with van der Waals surface area (Å²) in [5.41, 5.74) is -0.00968. The van der Waals surface area contributed by atoms with E-state index in [0.29, 0.717) is 4.68 Å². The Labute approximate surface area is 95.3 Å². The molecule has 16 heavy (non-hydrogen) atoms. The molecule has 0 aliphatic carbocycles. The molecule has 1 aromatic heterocycles. The lowest BCUT2D eigenvalue weighted by molar-refractivity contribution is -0.176. The highest BCUT2D eigenvalue weighted by Gasteiger charge is 2.27. The topological polar surface area (TPSA) is 27.1 Å². The predicted molar refractivity (Wildman–Crippen MR) is 46.9 cm³/mol. The van der Waals surface area contributed by atoms with Crippen LogP contribution in [0.1, 0.15) is 12.2 Å². The zero-order valence-electron chi connectivity index (χ0n) is 7.64. The van der Waals surface area contributed by atoms with Crippen molar-refractivity contribution < 1.29 is 26.7 Å². The van der Waals surface area contributed by atoms with Crippen LogP contribution in [0.25, 0.3) is 0 Å². The maximum absolute atomic E-state index is 12.1. The van der Waals surface area contributed by atoms with Gasteiger partial charge in [-0.05, 0) is 15.9 Å². The van der Waals surface area contributed by atoms with Gasteiger partial charge in [0.05, 0.1) is 11.1 Å². The van der Waals surface area contributed by atoms with Crippen LogP contribution >= 0.6 is 15.9 Å². The molecule has 0 amide bonds. The second kappa shape index (κ2) is 5.09. The molecule has 0 spiro atoms. The Morgan fingerprint density at radius 3 is 2.50 bits per heavy atom. The van der Waals surface area contributed by atoms with Gasteiger partial charge in [-0.15, -0.1) is 0 Å². The molecule has 0 saturated carbocycles. The van der Waals surface area contributed by atoms with Gasteiger partial charge in [0.2, 0.25) is 0 Å². The van der Waals surface area contributed by atoms with Gasteiger partial charge in [-0.2, -0.15) is 27.1 Å². The first kappa shape index (κ1) is 13.4. The molecule has 3 nitrogen and oxygen atoms in total. The van der Waals surface area contributed by atoms with Crippen LogP contribution in [0.4, 0.5) is 22.0 Å². The number of alkyl halides is 5. The zero-order chi connectivity index (χ0) is 12.3. The number of hydrogen-bond acceptors (Lipinski definition) is 2. The molecule has 0 fully saturated rings. The minimum absolute atomic E-state index is 0.00968. The van der Waals surface area contributed by atoms with E-state index in [1.54, 1.807) is 0 Å². The van der Waals surface area contributed by atoms with Gasteiger partial charge < -0.3 is 4.74 Å². The smallest absolute Gasteiger partial charge is 0.366 e. The Morgan fingerprint density at radius 1 is 1.44 bits per heavy atom. The lowest BCUT2D eigenvalue weighted by atomic mass is 10.5. The van der Waals surface area contributed by atoms with Gasteiger partial charge in [0.1, 0.15) is 12.3 Å². The molecule has 1 aromatic rings. The summed E-state index contributed by atoms with van der Waals surface area (Å²) in [6.45, 7) is -4.77. The largest absolute Gasteiger partial charge is 0.411 e. The van der Waals surface area contributed by atoms with Gasteiger partial charge in [0.15, 0.2) is 0 Å². The normalized spacial score (nSPS) is 12.4. The number of hydrogen-bond donors (Lipinski definition) is 0. The molecule has 1 heterocycles. The molecule has 1 rings (SSSR count). The first-order chi connectivity index (χ1) is 7.29. The van der Waals surface area contributed by atoms with Crippen molar-refractivity contribution >= 4 is 15.9 Å². The third kappa shape index (κ3) is 4.05. The fraction of sp³-hybridized carbons (Fsp3) is 0.571. The number of aromatic nitrogens is 2. The van der Waals surface area contributed by atoms with Crippen LogP contribution in [0.2, 0.25) is 0 Å². The first-order valence-corrected chi connectivity index (χ1v) is 4.75. The Hall–Kier alpha value is -0.700. The van der Waals surface area contributed by atoms with Gasteiger partial charge in [0.25, 0.3) is 0 Å². The minimum atomic E-state index is -4.45. The van der Waals surface area contributed by atoms with E-state index in [1.807, 2.05) is 0 Å². The Morgan fingerprint density at radius 2 is 2.06 bits per heavy atom. The average Bonchev–Trinajstić information content (AvgIpc) is 2.46. The summed E-state index contributed by atoms with van der Waals surface area (Å²) >= 11 is 2.89. The molecule has 0 aliphatic rings. The monoisotopic (exact) mass is 308 g/mol. The number of nitrogens with zero attached hydrogens (tertiary/aromatic N) is 2. The SMILES string of the molecule is FC(F)n1cc(Br)c(COCC(F)(F)F)n1. The van der Waals surface area contributed by atoms with Crippen LogP contribution in [-0.2, 0) is 11.3 Å². The molecule has 0 bridgehead atoms. The van der Waals surface area contributed by atoms with Crippen molar-refractivity contribution in [3.63, 3.8) is 0 Å². The maximum atomic E-state index is 12.1. The Kier molecular flexibility index (Phi) is 4.25. The van der Waals surface area contributed by atoms with E-state index in [0.717, 1.165) is 6.20 Å². The van der Waals surface area contributed by atoms with Crippen molar-refractivity contribution in [2.45, 2.75) is 19.3 Å². The highest BCUT2D eigenvalue weighted by Crippen LogP contribution is 2.21. The Balaban J connectivity index is 2.54. The van der Waals surface area contributed by atoms with Gasteiger partial charge in [0, 0.05) is 6.20 Å². The predicted octanol–water partition coefficient (Wildman–Crippen LogP) is 3.12. The lowest BCUT2D eigenvalue weighted by Gasteiger charge is -2.06. The summed E-state index contributed by atoms with van der Waals surface area (Å²) in [4.78, 5) is 0. The highest BCUT2D eigenvalue weighted by atomic mass is 79.9. The van der Waals surface area contributed by atoms with Crippen molar-refractivity contribution in [1.82, 2.24) is 9.78 Å². The summed E-state index contributed by atoms with van der Waals surface area (Å²) in [7, 11) is 0. The summed E-state index contributed by atoms with van der Waals surface area (Å²) in [6, 6.07) is 0. The van der Waals surface area contributed by atoms with E-state index in [-0.39, 0.29) is 10.2 Å². The molecule has 0 atom stereocenters. The van der Waals surface area contributed by atoms with Gasteiger partial charge in [-0.3, -0.25) is 0 Å². The molecule has 0 radical (unpaired) electrons. The molecule has 0 N–H and O–H groups in total. The van der Waals surface area contributed by atoms with Crippen LogP contribution in [0.3, 0.4) is 0 Å². The van der Waals surface area contributed by atoms with E-state index >= 15 is 0 Å². The van der Waals surface area contributed by atoms with Crippen LogP contribution in [0.5, 0.6) is 0 Å². The summed E-state index contributed by atoms with van der Waals surface area (Å²) < 4.78 is 64.2. The van der Waals surface area contributed by atoms with Crippen molar-refractivity contribution in [2.24, 2.45) is 0 Å². The second-order valence-electron chi connectivity index (χ2n) is 2.79. The molecule has 0 unspecified atom stereocenters. The van der Waals surface area contributed by atoms with Crippen molar-refractivity contribution in [3.8, 4) is 0 Å². The first-order valence-electron chi connectivity index (χ1n) is 3.96. The second-order valence-corrected chi connectivity index (χ2v) is 3.64. The summed E-state index contributed by atoms with van der Waals surface area (Å²) in [5.74, 6) is 0. The molecule has 0 aromatic carbocycles. The molecule has 0 saturated heterocycles. The highest BCUT2D eigenvalue weighted by molar-refractivity contribution is 9.10. The van der Waals surface area contributed by atoms with Gasteiger partial charge >= 0.3 is 12.7 Å².